The summed E-state index contributed by atoms with van der Waals surface area (Å²) in [6, 6.07) is 2.31. The van der Waals surface area contributed by atoms with E-state index in [0.717, 1.165) is 30.8 Å². The maximum Gasteiger partial charge on any atom is 0.249 e. The number of benzene rings is 1. The number of hydrogen-bond donors (Lipinski definition) is 1. The summed E-state index contributed by atoms with van der Waals surface area (Å²) in [5.41, 5.74) is 2.00. The largest absolute Gasteiger partial charge is 0.491 e. The van der Waals surface area contributed by atoms with Gasteiger partial charge in [0.15, 0.2) is 23.2 Å². The molecule has 2 aliphatic rings. The molecule has 0 bridgehead atoms. The van der Waals surface area contributed by atoms with Crippen molar-refractivity contribution in [3.05, 3.63) is 53.5 Å². The highest BCUT2D eigenvalue weighted by Gasteiger charge is 2.40. The number of fused-ring (bicyclic) bond motifs is 3. The topological polar surface area (TPSA) is 88.4 Å². The third kappa shape index (κ3) is 3.83. The minimum absolute atomic E-state index is 0.0772. The van der Waals surface area contributed by atoms with E-state index in [-0.39, 0.29) is 18.5 Å². The van der Waals surface area contributed by atoms with E-state index >= 15 is 0 Å². The molecule has 1 aromatic carbocycles. The number of aromatic nitrogens is 4. The summed E-state index contributed by atoms with van der Waals surface area (Å²) < 4.78 is 34.2. The Labute approximate surface area is 189 Å². The van der Waals surface area contributed by atoms with Gasteiger partial charge in [-0.25, -0.2) is 13.8 Å². The Bertz CT molecular complexity index is 1190. The van der Waals surface area contributed by atoms with E-state index in [1.165, 1.54) is 19.2 Å². The molecule has 5 rings (SSSR count). The van der Waals surface area contributed by atoms with Crippen LogP contribution < -0.4 is 19.9 Å². The highest BCUT2D eigenvalue weighted by molar-refractivity contribution is 6.04. The third-order valence-corrected chi connectivity index (χ3v) is 6.00. The molecule has 3 aromatic rings. The first kappa shape index (κ1) is 21.1. The molecule has 0 spiro atoms. The highest BCUT2D eigenvalue weighted by Crippen LogP contribution is 2.37. The number of ether oxygens (including phenoxy) is 1. The van der Waals surface area contributed by atoms with Gasteiger partial charge in [-0.15, -0.1) is 0 Å². The zero-order chi connectivity index (χ0) is 23.1. The lowest BCUT2D eigenvalue weighted by Gasteiger charge is -2.36. The van der Waals surface area contributed by atoms with Crippen LogP contribution in [0.2, 0.25) is 0 Å². The SMILES string of the molecule is COc1c(F)cc(Cn2cc(CNc3ncc4c(n3)N3CCCC3C(=O)N4C)cn2)cc1F. The Kier molecular flexibility index (Phi) is 5.31. The normalized spacial score (nSPS) is 17.2. The van der Waals surface area contributed by atoms with Crippen molar-refractivity contribution in [1.82, 2.24) is 19.7 Å². The molecule has 1 unspecified atom stereocenters. The second kappa shape index (κ2) is 8.30. The van der Waals surface area contributed by atoms with Gasteiger partial charge in [-0.1, -0.05) is 0 Å². The summed E-state index contributed by atoms with van der Waals surface area (Å²) in [6.07, 6.45) is 6.90. The van der Waals surface area contributed by atoms with Gasteiger partial charge in [0.2, 0.25) is 11.9 Å². The molecule has 4 heterocycles. The first-order valence-electron chi connectivity index (χ1n) is 10.6. The van der Waals surface area contributed by atoms with Crippen molar-refractivity contribution < 1.29 is 18.3 Å². The number of rotatable bonds is 6. The van der Waals surface area contributed by atoms with Crippen LogP contribution in [0.25, 0.3) is 0 Å². The van der Waals surface area contributed by atoms with Gasteiger partial charge < -0.3 is 19.9 Å². The van der Waals surface area contributed by atoms with Crippen molar-refractivity contribution in [3.63, 3.8) is 0 Å². The van der Waals surface area contributed by atoms with E-state index in [2.05, 4.69) is 25.3 Å². The van der Waals surface area contributed by atoms with Crippen LogP contribution in [-0.4, -0.2) is 52.4 Å². The molecule has 0 radical (unpaired) electrons. The average Bonchev–Trinajstić information content (AvgIpc) is 3.46. The van der Waals surface area contributed by atoms with E-state index in [1.54, 1.807) is 35.2 Å². The van der Waals surface area contributed by atoms with Gasteiger partial charge in [0, 0.05) is 31.9 Å². The van der Waals surface area contributed by atoms with E-state index in [0.29, 0.717) is 23.7 Å². The summed E-state index contributed by atoms with van der Waals surface area (Å²) in [6.45, 7) is 1.43. The van der Waals surface area contributed by atoms with E-state index < -0.39 is 17.4 Å². The first-order valence-corrected chi connectivity index (χ1v) is 10.6. The predicted octanol–water partition coefficient (Wildman–Crippen LogP) is 2.57. The van der Waals surface area contributed by atoms with Gasteiger partial charge >= 0.3 is 0 Å². The van der Waals surface area contributed by atoms with Crippen molar-refractivity contribution in [1.29, 1.82) is 0 Å². The smallest absolute Gasteiger partial charge is 0.249 e. The molecule has 9 nitrogen and oxygen atoms in total. The van der Waals surface area contributed by atoms with Gasteiger partial charge in [0.25, 0.3) is 0 Å². The summed E-state index contributed by atoms with van der Waals surface area (Å²) in [5.74, 6) is -0.610. The molecule has 1 amide bonds. The summed E-state index contributed by atoms with van der Waals surface area (Å²) in [5, 5.41) is 7.45. The average molecular weight is 455 g/mol. The Morgan fingerprint density at radius 1 is 1.21 bits per heavy atom. The van der Waals surface area contributed by atoms with E-state index in [4.69, 9.17) is 4.74 Å². The highest BCUT2D eigenvalue weighted by atomic mass is 19.1. The number of amides is 1. The molecular weight excluding hydrogens is 432 g/mol. The molecule has 33 heavy (non-hydrogen) atoms. The number of nitrogens with zero attached hydrogens (tertiary/aromatic N) is 6. The van der Waals surface area contributed by atoms with Crippen LogP contribution in [0.5, 0.6) is 5.75 Å². The minimum Gasteiger partial charge on any atom is -0.491 e. The van der Waals surface area contributed by atoms with Crippen molar-refractivity contribution in [2.24, 2.45) is 0 Å². The zero-order valence-electron chi connectivity index (χ0n) is 18.3. The lowest BCUT2D eigenvalue weighted by molar-refractivity contribution is -0.119. The molecule has 1 fully saturated rings. The molecule has 172 valence electrons. The van der Waals surface area contributed by atoms with Crippen molar-refractivity contribution in [2.45, 2.75) is 32.0 Å². The van der Waals surface area contributed by atoms with Gasteiger partial charge in [0.05, 0.1) is 26.0 Å². The fourth-order valence-electron chi connectivity index (χ4n) is 4.37. The Morgan fingerprint density at radius 3 is 2.76 bits per heavy atom. The van der Waals surface area contributed by atoms with Crippen LogP contribution in [0.3, 0.4) is 0 Å². The predicted molar refractivity (Wildman–Crippen MR) is 117 cm³/mol. The molecule has 1 N–H and O–H groups in total. The summed E-state index contributed by atoms with van der Waals surface area (Å²) in [4.78, 5) is 25.2. The lowest BCUT2D eigenvalue weighted by Crippen LogP contribution is -2.49. The number of carbonyl (C=O) groups is 1. The monoisotopic (exact) mass is 455 g/mol. The minimum atomic E-state index is -0.751. The van der Waals surface area contributed by atoms with Crippen molar-refractivity contribution in [3.8, 4) is 5.75 Å². The number of anilines is 3. The van der Waals surface area contributed by atoms with Gasteiger partial charge in [-0.2, -0.15) is 10.1 Å². The Balaban J connectivity index is 1.27. The standard InChI is InChI=1S/C22H23F2N7O2/c1-29-18-10-26-22(28-20(18)31-5-3-4-17(31)21(29)32)25-8-14-9-27-30(12-14)11-13-6-15(23)19(33-2)16(24)7-13/h6-7,9-10,12,17H,3-5,8,11H2,1-2H3,(H,25,26,28). The second-order valence-electron chi connectivity index (χ2n) is 8.14. The molecule has 0 aliphatic carbocycles. The number of hydrogen-bond acceptors (Lipinski definition) is 7. The third-order valence-electron chi connectivity index (χ3n) is 6.00. The Hall–Kier alpha value is -3.76. The first-order chi connectivity index (χ1) is 15.9. The maximum absolute atomic E-state index is 13.9. The number of nitrogens with one attached hydrogen (secondary N) is 1. The van der Waals surface area contributed by atoms with Crippen LogP contribution in [0.15, 0.2) is 30.7 Å². The number of methoxy groups -OCH3 is 1. The van der Waals surface area contributed by atoms with Crippen LogP contribution >= 0.6 is 0 Å². The van der Waals surface area contributed by atoms with Crippen molar-refractivity contribution in [2.75, 3.05) is 35.8 Å². The number of carbonyl (C=O) groups excluding carboxylic acids is 1. The summed E-state index contributed by atoms with van der Waals surface area (Å²) >= 11 is 0. The lowest BCUT2D eigenvalue weighted by atomic mass is 10.1. The molecule has 2 aliphatic heterocycles. The van der Waals surface area contributed by atoms with Crippen LogP contribution in [0.4, 0.5) is 26.2 Å². The van der Waals surface area contributed by atoms with E-state index in [9.17, 15) is 13.6 Å². The van der Waals surface area contributed by atoms with Crippen molar-refractivity contribution >= 4 is 23.4 Å². The molecule has 0 saturated carbocycles. The summed E-state index contributed by atoms with van der Waals surface area (Å²) in [7, 11) is 2.98. The quantitative estimate of drug-likeness (QED) is 0.611. The van der Waals surface area contributed by atoms with E-state index in [1.807, 2.05) is 0 Å². The van der Waals surface area contributed by atoms with Gasteiger partial charge in [-0.3, -0.25) is 9.48 Å². The maximum atomic E-state index is 13.9. The molecule has 2 aromatic heterocycles. The van der Waals surface area contributed by atoms with Gasteiger partial charge in [0.1, 0.15) is 11.7 Å². The molecular formula is C22H23F2N7O2. The van der Waals surface area contributed by atoms with Crippen LogP contribution in [0.1, 0.15) is 24.0 Å². The fourth-order valence-corrected chi connectivity index (χ4v) is 4.37. The fraction of sp³-hybridized carbons (Fsp3) is 0.364. The zero-order valence-corrected chi connectivity index (χ0v) is 18.3. The Morgan fingerprint density at radius 2 is 2.00 bits per heavy atom. The molecule has 1 saturated heterocycles. The molecule has 11 heteroatoms. The van der Waals surface area contributed by atoms with Gasteiger partial charge in [-0.05, 0) is 30.5 Å². The van der Waals surface area contributed by atoms with Crippen LogP contribution in [-0.2, 0) is 17.9 Å². The number of likely N-dealkylation sites (N-methyl/N-ethyl adjacent to an activating group) is 1. The van der Waals surface area contributed by atoms with Crippen LogP contribution in [0, 0.1) is 11.6 Å². The number of halogens is 2. The second-order valence-corrected chi connectivity index (χ2v) is 8.14. The molecule has 1 atom stereocenters.